The van der Waals surface area contributed by atoms with Gasteiger partial charge in [-0.25, -0.2) is 4.98 Å². The number of thioether (sulfide) groups is 1. The van der Waals surface area contributed by atoms with Crippen molar-refractivity contribution < 1.29 is 9.90 Å². The summed E-state index contributed by atoms with van der Waals surface area (Å²) >= 11 is 1.44. The highest BCUT2D eigenvalue weighted by Gasteiger charge is 2.26. The van der Waals surface area contributed by atoms with Crippen molar-refractivity contribution in [1.82, 2.24) is 9.55 Å². The number of rotatable bonds is 5. The van der Waals surface area contributed by atoms with Gasteiger partial charge in [-0.3, -0.25) is 4.79 Å². The van der Waals surface area contributed by atoms with Crippen LogP contribution in [-0.2, 0) is 11.3 Å². The Bertz CT molecular complexity index is 296. The van der Waals surface area contributed by atoms with Crippen LogP contribution in [0.5, 0.6) is 0 Å². The molecule has 0 unspecified atom stereocenters. The van der Waals surface area contributed by atoms with E-state index >= 15 is 0 Å². The lowest BCUT2D eigenvalue weighted by Gasteiger charge is -2.18. The molecule has 0 bridgehead atoms. The molecule has 0 aliphatic carbocycles. The predicted molar refractivity (Wildman–Crippen MR) is 56.4 cm³/mol. The fourth-order valence-corrected chi connectivity index (χ4v) is 1.82. The first kappa shape index (κ1) is 11.1. The zero-order valence-electron chi connectivity index (χ0n) is 8.30. The summed E-state index contributed by atoms with van der Waals surface area (Å²) in [5.74, 6) is 0.00322. The number of aromatic nitrogens is 2. The van der Waals surface area contributed by atoms with E-state index in [9.17, 15) is 4.79 Å². The van der Waals surface area contributed by atoms with Crippen molar-refractivity contribution in [3.05, 3.63) is 18.7 Å². The fourth-order valence-electron chi connectivity index (χ4n) is 0.887. The van der Waals surface area contributed by atoms with E-state index in [2.05, 4.69) is 4.98 Å². The highest BCUT2D eigenvalue weighted by atomic mass is 32.2. The molecule has 0 saturated carbocycles. The number of carboxylic acid groups (broad SMARTS) is 1. The Balaban J connectivity index is 2.31. The first-order valence-electron chi connectivity index (χ1n) is 4.35. The van der Waals surface area contributed by atoms with Crippen LogP contribution in [-0.4, -0.2) is 31.1 Å². The van der Waals surface area contributed by atoms with E-state index in [1.165, 1.54) is 11.8 Å². The Kier molecular flexibility index (Phi) is 3.57. The van der Waals surface area contributed by atoms with Crippen LogP contribution < -0.4 is 0 Å². The van der Waals surface area contributed by atoms with Crippen LogP contribution >= 0.6 is 11.8 Å². The lowest BCUT2D eigenvalue weighted by Crippen LogP contribution is -2.28. The van der Waals surface area contributed by atoms with Crippen LogP contribution in [0.3, 0.4) is 0 Å². The summed E-state index contributed by atoms with van der Waals surface area (Å²) in [7, 11) is 0. The van der Waals surface area contributed by atoms with Gasteiger partial charge < -0.3 is 9.67 Å². The number of nitrogens with zero attached hydrogens (tertiary/aromatic N) is 2. The van der Waals surface area contributed by atoms with Gasteiger partial charge in [0.15, 0.2) is 0 Å². The Hall–Kier alpha value is -0.970. The standard InChI is InChI=1S/C9H14N2O2S/c1-9(2,8(12)13)14-6-5-11-4-3-10-7-11/h3-4,7H,5-6H2,1-2H3,(H,12,13). The van der Waals surface area contributed by atoms with Gasteiger partial charge in [-0.2, -0.15) is 0 Å². The summed E-state index contributed by atoms with van der Waals surface area (Å²) in [4.78, 5) is 14.7. The molecular weight excluding hydrogens is 200 g/mol. The molecule has 1 aromatic rings. The van der Waals surface area contributed by atoms with Gasteiger partial charge in [0, 0.05) is 24.7 Å². The summed E-state index contributed by atoms with van der Waals surface area (Å²) in [6, 6.07) is 0. The molecule has 0 aliphatic rings. The zero-order chi connectivity index (χ0) is 10.6. The first-order chi connectivity index (χ1) is 6.52. The minimum absolute atomic E-state index is 0.708. The van der Waals surface area contributed by atoms with Gasteiger partial charge in [0.05, 0.1) is 6.33 Å². The van der Waals surface area contributed by atoms with Gasteiger partial charge in [0.1, 0.15) is 4.75 Å². The van der Waals surface area contributed by atoms with Crippen molar-refractivity contribution in [3.63, 3.8) is 0 Å². The Labute approximate surface area is 87.3 Å². The molecular formula is C9H14N2O2S. The van der Waals surface area contributed by atoms with Crippen LogP contribution in [0, 0.1) is 0 Å². The molecule has 1 heterocycles. The highest BCUT2D eigenvalue weighted by molar-refractivity contribution is 8.01. The van der Waals surface area contributed by atoms with Gasteiger partial charge in [0.25, 0.3) is 0 Å². The van der Waals surface area contributed by atoms with Crippen molar-refractivity contribution in [3.8, 4) is 0 Å². The maximum atomic E-state index is 10.8. The Morgan fingerprint density at radius 1 is 1.64 bits per heavy atom. The third kappa shape index (κ3) is 3.06. The quantitative estimate of drug-likeness (QED) is 0.806. The minimum atomic E-state index is -0.770. The smallest absolute Gasteiger partial charge is 0.319 e. The number of aliphatic carboxylic acids is 1. The summed E-state index contributed by atoms with van der Waals surface area (Å²) in [5, 5.41) is 8.86. The number of carboxylic acids is 1. The number of imidazole rings is 1. The molecule has 14 heavy (non-hydrogen) atoms. The molecule has 5 heteroatoms. The van der Waals surface area contributed by atoms with Crippen molar-refractivity contribution in [2.24, 2.45) is 0 Å². The summed E-state index contributed by atoms with van der Waals surface area (Å²) in [6.07, 6.45) is 5.32. The second kappa shape index (κ2) is 4.50. The van der Waals surface area contributed by atoms with Gasteiger partial charge in [-0.1, -0.05) is 0 Å². The summed E-state index contributed by atoms with van der Waals surface area (Å²) in [6.45, 7) is 4.23. The van der Waals surface area contributed by atoms with E-state index in [1.807, 2.05) is 10.8 Å². The molecule has 0 amide bonds. The summed E-state index contributed by atoms with van der Waals surface area (Å²) < 4.78 is 1.23. The third-order valence-electron chi connectivity index (χ3n) is 1.89. The van der Waals surface area contributed by atoms with Crippen LogP contribution in [0.25, 0.3) is 0 Å². The number of hydrogen-bond acceptors (Lipinski definition) is 3. The third-order valence-corrected chi connectivity index (χ3v) is 3.17. The van der Waals surface area contributed by atoms with Gasteiger partial charge >= 0.3 is 5.97 Å². The second-order valence-corrected chi connectivity index (χ2v) is 5.18. The average Bonchev–Trinajstić information content (AvgIpc) is 2.56. The van der Waals surface area contributed by atoms with Crippen molar-refractivity contribution in [2.45, 2.75) is 25.1 Å². The molecule has 0 spiro atoms. The normalized spacial score (nSPS) is 11.6. The van der Waals surface area contributed by atoms with E-state index in [-0.39, 0.29) is 0 Å². The largest absolute Gasteiger partial charge is 0.480 e. The van der Waals surface area contributed by atoms with Crippen LogP contribution in [0.1, 0.15) is 13.8 Å². The molecule has 0 radical (unpaired) electrons. The lowest BCUT2D eigenvalue weighted by molar-refractivity contribution is -0.138. The second-order valence-electron chi connectivity index (χ2n) is 3.46. The monoisotopic (exact) mass is 214 g/mol. The van der Waals surface area contributed by atoms with Crippen molar-refractivity contribution in [2.75, 3.05) is 5.75 Å². The number of hydrogen-bond donors (Lipinski definition) is 1. The molecule has 78 valence electrons. The topological polar surface area (TPSA) is 55.1 Å². The van der Waals surface area contributed by atoms with Crippen LogP contribution in [0.15, 0.2) is 18.7 Å². The van der Waals surface area contributed by atoms with Crippen molar-refractivity contribution in [1.29, 1.82) is 0 Å². The van der Waals surface area contributed by atoms with Crippen molar-refractivity contribution >= 4 is 17.7 Å². The SMILES string of the molecule is CC(C)(SCCn1ccnc1)C(=O)O. The molecule has 0 saturated heterocycles. The maximum Gasteiger partial charge on any atom is 0.319 e. The van der Waals surface area contributed by atoms with Crippen LogP contribution in [0.4, 0.5) is 0 Å². The summed E-state index contributed by atoms with van der Waals surface area (Å²) in [5.41, 5.74) is 0. The molecule has 4 nitrogen and oxygen atoms in total. The minimum Gasteiger partial charge on any atom is -0.480 e. The maximum absolute atomic E-state index is 10.8. The van der Waals surface area contributed by atoms with E-state index in [1.54, 1.807) is 26.4 Å². The van der Waals surface area contributed by atoms with E-state index < -0.39 is 10.7 Å². The van der Waals surface area contributed by atoms with E-state index in [4.69, 9.17) is 5.11 Å². The predicted octanol–water partition coefficient (Wildman–Crippen LogP) is 1.48. The van der Waals surface area contributed by atoms with E-state index in [0.29, 0.717) is 0 Å². The number of carbonyl (C=O) groups is 1. The zero-order valence-corrected chi connectivity index (χ0v) is 9.12. The molecule has 1 aromatic heterocycles. The van der Waals surface area contributed by atoms with Crippen LogP contribution in [0.2, 0.25) is 0 Å². The lowest BCUT2D eigenvalue weighted by atomic mass is 10.2. The van der Waals surface area contributed by atoms with E-state index in [0.717, 1.165) is 12.3 Å². The molecule has 0 atom stereocenters. The Morgan fingerprint density at radius 3 is 2.86 bits per heavy atom. The molecule has 0 aliphatic heterocycles. The Morgan fingerprint density at radius 2 is 2.36 bits per heavy atom. The highest BCUT2D eigenvalue weighted by Crippen LogP contribution is 2.24. The molecule has 1 N–H and O–H groups in total. The first-order valence-corrected chi connectivity index (χ1v) is 5.34. The van der Waals surface area contributed by atoms with Gasteiger partial charge in [-0.05, 0) is 13.8 Å². The van der Waals surface area contributed by atoms with Gasteiger partial charge in [0.2, 0.25) is 0 Å². The average molecular weight is 214 g/mol. The molecule has 0 fully saturated rings. The molecule has 0 aromatic carbocycles. The number of aryl methyl sites for hydroxylation is 1. The fraction of sp³-hybridized carbons (Fsp3) is 0.556. The van der Waals surface area contributed by atoms with Gasteiger partial charge in [-0.15, -0.1) is 11.8 Å². The molecule has 1 rings (SSSR count).